The van der Waals surface area contributed by atoms with Crippen LogP contribution >= 0.6 is 0 Å². The molecule has 3 aromatic rings. The Kier molecular flexibility index (Phi) is 7.12. The quantitative estimate of drug-likeness (QED) is 0.315. The highest BCUT2D eigenvalue weighted by atomic mass is 16.5. The van der Waals surface area contributed by atoms with Crippen LogP contribution in [0.1, 0.15) is 23.5 Å². The van der Waals surface area contributed by atoms with E-state index in [0.29, 0.717) is 24.7 Å². The van der Waals surface area contributed by atoms with E-state index in [1.165, 1.54) is 12.4 Å². The van der Waals surface area contributed by atoms with Crippen LogP contribution in [-0.4, -0.2) is 64.2 Å². The maximum atomic E-state index is 12.6. The van der Waals surface area contributed by atoms with Crippen molar-refractivity contribution in [1.29, 1.82) is 0 Å². The predicted molar refractivity (Wildman–Crippen MR) is 133 cm³/mol. The molecule has 34 heavy (non-hydrogen) atoms. The number of pyridine rings is 2. The summed E-state index contributed by atoms with van der Waals surface area (Å²) >= 11 is 0. The Labute approximate surface area is 199 Å². The van der Waals surface area contributed by atoms with E-state index in [-0.39, 0.29) is 5.91 Å². The van der Waals surface area contributed by atoms with E-state index < -0.39 is 0 Å². The molecule has 1 aliphatic rings. The van der Waals surface area contributed by atoms with Crippen molar-refractivity contribution in [1.82, 2.24) is 24.6 Å². The number of fused-ring (bicyclic) bond motifs is 1. The molecule has 0 spiro atoms. The molecule has 4 rings (SSSR count). The van der Waals surface area contributed by atoms with Gasteiger partial charge in [-0.2, -0.15) is 5.10 Å². The normalized spacial score (nSPS) is 13.1. The molecule has 4 heterocycles. The van der Waals surface area contributed by atoms with E-state index in [1.54, 1.807) is 25.1 Å². The Bertz CT molecular complexity index is 1250. The molecule has 9 heteroatoms. The summed E-state index contributed by atoms with van der Waals surface area (Å²) in [6.07, 6.45) is 6.40. The summed E-state index contributed by atoms with van der Waals surface area (Å²) in [7, 11) is 3.35. The minimum atomic E-state index is -0.140. The van der Waals surface area contributed by atoms with Gasteiger partial charge in [-0.1, -0.05) is 6.07 Å². The number of rotatable bonds is 8. The number of likely N-dealkylation sites (N-methyl/N-ethyl adjacent to an activating group) is 1. The van der Waals surface area contributed by atoms with Crippen LogP contribution in [0.3, 0.4) is 0 Å². The molecule has 3 aromatic heterocycles. The minimum Gasteiger partial charge on any atom is -0.390 e. The van der Waals surface area contributed by atoms with Crippen molar-refractivity contribution in [3.8, 4) is 22.5 Å². The van der Waals surface area contributed by atoms with E-state index in [2.05, 4.69) is 14.7 Å². The third-order valence-electron chi connectivity index (χ3n) is 5.75. The highest BCUT2D eigenvalue weighted by Gasteiger charge is 2.26. The highest BCUT2D eigenvalue weighted by Crippen LogP contribution is 2.39. The standard InChI is InChI=1S/C25H29N7O2/c1-17-6-4-7-20(28-17)25-24(21-8-5-13-32(21)30-25)18-9-11-22(27-16-26)29-19(18)10-12-23(33)31(2)14-15-34-3/h4,6-7,9-12,16H,5,8,13-15H2,1-3H3,(H2,26,27,29)/b12-10+. The van der Waals surface area contributed by atoms with Gasteiger partial charge in [-0.05, 0) is 50.1 Å². The van der Waals surface area contributed by atoms with Gasteiger partial charge in [0.1, 0.15) is 5.69 Å². The lowest BCUT2D eigenvalue weighted by atomic mass is 9.98. The molecular formula is C25H29N7O2. The maximum Gasteiger partial charge on any atom is 0.246 e. The number of amides is 1. The minimum absolute atomic E-state index is 0.140. The van der Waals surface area contributed by atoms with Crippen molar-refractivity contribution in [3.05, 3.63) is 53.5 Å². The van der Waals surface area contributed by atoms with Gasteiger partial charge in [0.05, 0.1) is 24.3 Å². The van der Waals surface area contributed by atoms with Crippen LogP contribution in [0.2, 0.25) is 0 Å². The number of carbonyl (C=O) groups excluding carboxylic acids is 1. The number of aliphatic imine (C=N–C) groups is 1. The van der Waals surface area contributed by atoms with Gasteiger partial charge in [-0.3, -0.25) is 14.5 Å². The number of hydrogen-bond donors (Lipinski definition) is 1. The summed E-state index contributed by atoms with van der Waals surface area (Å²) in [6.45, 7) is 3.80. The van der Waals surface area contributed by atoms with Gasteiger partial charge in [-0.15, -0.1) is 0 Å². The van der Waals surface area contributed by atoms with E-state index in [4.69, 9.17) is 20.6 Å². The summed E-state index contributed by atoms with van der Waals surface area (Å²) in [6, 6.07) is 9.70. The first-order valence-electron chi connectivity index (χ1n) is 11.2. The van der Waals surface area contributed by atoms with Gasteiger partial charge in [0.15, 0.2) is 5.82 Å². The summed E-state index contributed by atoms with van der Waals surface area (Å²) in [4.78, 5) is 27.7. The van der Waals surface area contributed by atoms with Crippen LogP contribution in [0, 0.1) is 6.92 Å². The zero-order valence-electron chi connectivity index (χ0n) is 19.7. The molecule has 1 aliphatic heterocycles. The van der Waals surface area contributed by atoms with Crippen molar-refractivity contribution in [2.75, 3.05) is 27.3 Å². The molecule has 0 radical (unpaired) electrons. The molecule has 0 saturated heterocycles. The molecule has 0 unspecified atom stereocenters. The zero-order chi connectivity index (χ0) is 24.1. The van der Waals surface area contributed by atoms with Crippen LogP contribution in [0.25, 0.3) is 28.6 Å². The number of methoxy groups -OCH3 is 1. The Balaban J connectivity index is 1.82. The Morgan fingerprint density at radius 1 is 1.29 bits per heavy atom. The first-order valence-corrected chi connectivity index (χ1v) is 11.2. The van der Waals surface area contributed by atoms with E-state index in [9.17, 15) is 4.79 Å². The molecule has 1 amide bonds. The van der Waals surface area contributed by atoms with Gasteiger partial charge in [0, 0.05) is 55.8 Å². The Hall–Kier alpha value is -3.85. The van der Waals surface area contributed by atoms with Crippen LogP contribution < -0.4 is 5.73 Å². The molecule has 176 valence electrons. The van der Waals surface area contributed by atoms with Crippen molar-refractivity contribution in [3.63, 3.8) is 0 Å². The van der Waals surface area contributed by atoms with Gasteiger partial charge >= 0.3 is 0 Å². The Morgan fingerprint density at radius 2 is 2.15 bits per heavy atom. The zero-order valence-corrected chi connectivity index (χ0v) is 19.7. The summed E-state index contributed by atoms with van der Waals surface area (Å²) < 4.78 is 7.12. The first kappa shape index (κ1) is 23.3. The third-order valence-corrected chi connectivity index (χ3v) is 5.75. The topological polar surface area (TPSA) is 112 Å². The molecule has 0 fully saturated rings. The van der Waals surface area contributed by atoms with Crippen molar-refractivity contribution < 1.29 is 9.53 Å². The molecule has 0 atom stereocenters. The summed E-state index contributed by atoms with van der Waals surface area (Å²) in [5.74, 6) is 0.323. The maximum absolute atomic E-state index is 12.6. The molecule has 2 N–H and O–H groups in total. The fourth-order valence-corrected chi connectivity index (χ4v) is 4.04. The summed E-state index contributed by atoms with van der Waals surface area (Å²) in [5.41, 5.74) is 11.7. The number of nitrogens with two attached hydrogens (primary N) is 1. The average molecular weight is 460 g/mol. The fourth-order valence-electron chi connectivity index (χ4n) is 4.04. The molecular weight excluding hydrogens is 430 g/mol. The van der Waals surface area contributed by atoms with Crippen molar-refractivity contribution >= 4 is 24.1 Å². The number of hydrogen-bond acceptors (Lipinski definition) is 6. The fraction of sp³-hybridized carbons (Fsp3) is 0.320. The smallest absolute Gasteiger partial charge is 0.246 e. The SMILES string of the molecule is COCCN(C)C(=O)/C=C/c1nc(N=CN)ccc1-c1c(-c2cccc(C)n2)nn2c1CCC2. The lowest BCUT2D eigenvalue weighted by molar-refractivity contribution is -0.125. The van der Waals surface area contributed by atoms with Crippen LogP contribution in [-0.2, 0) is 22.5 Å². The van der Waals surface area contributed by atoms with Gasteiger partial charge < -0.3 is 15.4 Å². The predicted octanol–water partition coefficient (Wildman–Crippen LogP) is 3.00. The van der Waals surface area contributed by atoms with E-state index in [1.807, 2.05) is 37.3 Å². The van der Waals surface area contributed by atoms with Gasteiger partial charge in [0.25, 0.3) is 0 Å². The van der Waals surface area contributed by atoms with Crippen molar-refractivity contribution in [2.24, 2.45) is 10.7 Å². The second-order valence-corrected chi connectivity index (χ2v) is 8.13. The van der Waals surface area contributed by atoms with Crippen LogP contribution in [0.15, 0.2) is 41.4 Å². The van der Waals surface area contributed by atoms with Gasteiger partial charge in [-0.25, -0.2) is 9.98 Å². The molecule has 9 nitrogen and oxygen atoms in total. The third kappa shape index (κ3) is 4.89. The second kappa shape index (κ2) is 10.4. The largest absolute Gasteiger partial charge is 0.390 e. The average Bonchev–Trinajstić information content (AvgIpc) is 3.43. The second-order valence-electron chi connectivity index (χ2n) is 8.13. The van der Waals surface area contributed by atoms with E-state index >= 15 is 0 Å². The summed E-state index contributed by atoms with van der Waals surface area (Å²) in [5, 5.41) is 4.90. The molecule has 0 aliphatic carbocycles. The number of aryl methyl sites for hydroxylation is 2. The molecule has 0 aromatic carbocycles. The number of aromatic nitrogens is 4. The van der Waals surface area contributed by atoms with Crippen LogP contribution in [0.5, 0.6) is 0 Å². The number of nitrogens with zero attached hydrogens (tertiary/aromatic N) is 6. The highest BCUT2D eigenvalue weighted by molar-refractivity contribution is 5.94. The number of carbonyl (C=O) groups is 1. The molecule has 0 saturated carbocycles. The first-order chi connectivity index (χ1) is 16.5. The molecule has 0 bridgehead atoms. The van der Waals surface area contributed by atoms with Crippen LogP contribution in [0.4, 0.5) is 5.82 Å². The monoisotopic (exact) mass is 459 g/mol. The van der Waals surface area contributed by atoms with Gasteiger partial charge in [0.2, 0.25) is 5.91 Å². The lowest BCUT2D eigenvalue weighted by Gasteiger charge is -2.14. The van der Waals surface area contributed by atoms with E-state index in [0.717, 1.165) is 53.3 Å². The lowest BCUT2D eigenvalue weighted by Crippen LogP contribution is -2.28. The number of ether oxygens (including phenoxy) is 1. The van der Waals surface area contributed by atoms with Crippen molar-refractivity contribution in [2.45, 2.75) is 26.3 Å². The Morgan fingerprint density at radius 3 is 2.91 bits per heavy atom.